The fourth-order valence-electron chi connectivity index (χ4n) is 2.94. The second-order valence-corrected chi connectivity index (χ2v) is 8.22. The molecule has 0 spiro atoms. The van der Waals surface area contributed by atoms with Crippen LogP contribution in [0.15, 0.2) is 41.3 Å². The van der Waals surface area contributed by atoms with Gasteiger partial charge in [-0.25, -0.2) is 13.1 Å². The van der Waals surface area contributed by atoms with E-state index in [1.54, 1.807) is 6.07 Å². The van der Waals surface area contributed by atoms with Crippen LogP contribution in [0, 0.1) is 11.8 Å². The minimum absolute atomic E-state index is 0.0782. The molecule has 1 aromatic carbocycles. The first-order chi connectivity index (χ1) is 12.0. The van der Waals surface area contributed by atoms with Crippen LogP contribution in [0.25, 0.3) is 0 Å². The zero-order valence-corrected chi connectivity index (χ0v) is 14.7. The Morgan fingerprint density at radius 1 is 1.08 bits per heavy atom. The molecule has 1 aliphatic carbocycles. The zero-order chi connectivity index (χ0) is 17.9. The van der Waals surface area contributed by atoms with Gasteiger partial charge in [0, 0.05) is 18.0 Å². The second kappa shape index (κ2) is 7.39. The third-order valence-corrected chi connectivity index (χ3v) is 5.88. The van der Waals surface area contributed by atoms with Gasteiger partial charge in [-0.3, -0.25) is 9.59 Å². The maximum atomic E-state index is 12.4. The van der Waals surface area contributed by atoms with Gasteiger partial charge in [-0.15, -0.1) is 0 Å². The minimum atomic E-state index is -3.98. The number of hydrogen-bond acceptors (Lipinski definition) is 4. The number of carbonyl (C=O) groups is 2. The molecular weight excluding hydrogens is 340 g/mol. The van der Waals surface area contributed by atoms with Crippen molar-refractivity contribution in [2.75, 3.05) is 6.54 Å². The molecule has 2 amide bonds. The minimum Gasteiger partial charge on any atom is -0.352 e. The molecule has 6 nitrogen and oxygen atoms in total. The Balaban J connectivity index is 1.82. The molecule has 7 heteroatoms. The fraction of sp³-hybridized carbons (Fsp3) is 0.444. The zero-order valence-electron chi connectivity index (χ0n) is 13.9. The van der Waals surface area contributed by atoms with Crippen molar-refractivity contribution in [3.63, 3.8) is 0 Å². The Morgan fingerprint density at radius 2 is 1.92 bits per heavy atom. The molecule has 0 radical (unpaired) electrons. The van der Waals surface area contributed by atoms with Crippen molar-refractivity contribution in [3.8, 4) is 0 Å². The molecule has 1 aliphatic heterocycles. The number of amides is 2. The van der Waals surface area contributed by atoms with Crippen molar-refractivity contribution in [2.24, 2.45) is 11.8 Å². The average molecular weight is 362 g/mol. The predicted octanol–water partition coefficient (Wildman–Crippen LogP) is 1.99. The van der Waals surface area contributed by atoms with Crippen molar-refractivity contribution < 1.29 is 18.0 Å². The Labute approximate surface area is 147 Å². The van der Waals surface area contributed by atoms with Crippen molar-refractivity contribution in [1.82, 2.24) is 10.0 Å². The van der Waals surface area contributed by atoms with Crippen molar-refractivity contribution >= 4 is 21.8 Å². The lowest BCUT2D eigenvalue weighted by atomic mass is 10.1. The maximum Gasteiger partial charge on any atom is 0.264 e. The highest BCUT2D eigenvalue weighted by Gasteiger charge is 2.42. The van der Waals surface area contributed by atoms with Crippen LogP contribution >= 0.6 is 0 Å². The highest BCUT2D eigenvalue weighted by Crippen LogP contribution is 2.40. The quantitative estimate of drug-likeness (QED) is 0.690. The lowest BCUT2D eigenvalue weighted by Crippen LogP contribution is -2.32. The molecule has 1 saturated carbocycles. The van der Waals surface area contributed by atoms with Gasteiger partial charge in [-0.2, -0.15) is 0 Å². The molecule has 25 heavy (non-hydrogen) atoms. The van der Waals surface area contributed by atoms with E-state index in [1.165, 1.54) is 18.2 Å². The van der Waals surface area contributed by atoms with E-state index in [4.69, 9.17) is 0 Å². The maximum absolute atomic E-state index is 12.4. The summed E-state index contributed by atoms with van der Waals surface area (Å²) in [5.74, 6) is -0.947. The van der Waals surface area contributed by atoms with Crippen molar-refractivity contribution in [3.05, 3.63) is 42.0 Å². The lowest BCUT2D eigenvalue weighted by molar-refractivity contribution is -0.120. The number of allylic oxidation sites excluding steroid dienone is 2. The first-order valence-electron chi connectivity index (χ1n) is 8.59. The first kappa shape index (κ1) is 17.7. The Bertz CT molecular complexity index is 801. The van der Waals surface area contributed by atoms with Gasteiger partial charge in [0.2, 0.25) is 5.91 Å². The number of sulfonamides is 1. The van der Waals surface area contributed by atoms with Gasteiger partial charge in [0.05, 0.1) is 4.90 Å². The summed E-state index contributed by atoms with van der Waals surface area (Å²) in [6, 6.07) is 5.74. The van der Waals surface area contributed by atoms with Crippen LogP contribution in [0.1, 0.15) is 42.5 Å². The average Bonchev–Trinajstić information content (AvgIpc) is 3.36. The molecule has 2 atom stereocenters. The van der Waals surface area contributed by atoms with E-state index in [-0.39, 0.29) is 28.2 Å². The predicted molar refractivity (Wildman–Crippen MR) is 93.3 cm³/mol. The van der Waals surface area contributed by atoms with Crippen LogP contribution in [-0.4, -0.2) is 26.8 Å². The van der Waals surface area contributed by atoms with Crippen LogP contribution in [0.5, 0.6) is 0 Å². The van der Waals surface area contributed by atoms with Gasteiger partial charge < -0.3 is 5.32 Å². The smallest absolute Gasteiger partial charge is 0.264 e. The highest BCUT2D eigenvalue weighted by atomic mass is 32.2. The molecule has 1 aromatic rings. The largest absolute Gasteiger partial charge is 0.352 e. The van der Waals surface area contributed by atoms with Crippen LogP contribution in [0.2, 0.25) is 0 Å². The second-order valence-electron chi connectivity index (χ2n) is 6.54. The molecule has 1 fully saturated rings. The summed E-state index contributed by atoms with van der Waals surface area (Å²) >= 11 is 0. The van der Waals surface area contributed by atoms with E-state index in [1.807, 2.05) is 6.08 Å². The third-order valence-electron chi connectivity index (χ3n) is 4.53. The number of hydrogen-bond donors (Lipinski definition) is 2. The SMILES string of the molecule is O=C1NCCCCC/C=C\[C@@H]2C[C@@H]2C(=O)NS(=O)(=O)c2cccc1c2. The standard InChI is InChI=1S/C18H22N2O4S/c21-17-14-8-6-9-15(11-14)25(23,24)20-18(22)16-12-13(16)7-4-2-1-3-5-10-19-17/h4,6-9,11,13,16H,1-3,5,10,12H2,(H,19,21)(H,20,22)/b7-4-/t13-,16+/m1/s1. The van der Waals surface area contributed by atoms with Gasteiger partial charge in [0.25, 0.3) is 15.9 Å². The topological polar surface area (TPSA) is 92.3 Å². The highest BCUT2D eigenvalue weighted by molar-refractivity contribution is 7.90. The van der Waals surface area contributed by atoms with Crippen LogP contribution in [0.4, 0.5) is 0 Å². The summed E-state index contributed by atoms with van der Waals surface area (Å²) in [6.07, 6.45) is 8.60. The molecular formula is C18H22N2O4S. The summed E-state index contributed by atoms with van der Waals surface area (Å²) in [4.78, 5) is 24.3. The van der Waals surface area contributed by atoms with Gasteiger partial charge in [0.15, 0.2) is 0 Å². The molecule has 0 unspecified atom stereocenters. The summed E-state index contributed by atoms with van der Waals surface area (Å²) in [5.41, 5.74) is 0.269. The van der Waals surface area contributed by atoms with Gasteiger partial charge in [-0.1, -0.05) is 24.6 Å². The molecule has 2 aliphatic rings. The Hall–Kier alpha value is -2.15. The molecule has 0 saturated heterocycles. The number of benzene rings is 1. The van der Waals surface area contributed by atoms with Crippen LogP contribution < -0.4 is 10.0 Å². The van der Waals surface area contributed by atoms with E-state index >= 15 is 0 Å². The van der Waals surface area contributed by atoms with E-state index in [2.05, 4.69) is 16.1 Å². The van der Waals surface area contributed by atoms with E-state index in [9.17, 15) is 18.0 Å². The molecule has 2 bridgehead atoms. The summed E-state index contributed by atoms with van der Waals surface area (Å²) < 4.78 is 27.0. The van der Waals surface area contributed by atoms with Crippen molar-refractivity contribution in [1.29, 1.82) is 0 Å². The van der Waals surface area contributed by atoms with Crippen LogP contribution in [-0.2, 0) is 14.8 Å². The normalized spacial score (nSPS) is 28.0. The van der Waals surface area contributed by atoms with E-state index < -0.39 is 15.9 Å². The first-order valence-corrected chi connectivity index (χ1v) is 10.1. The number of fused-ring (bicyclic) bond motifs is 3. The van der Waals surface area contributed by atoms with Crippen molar-refractivity contribution in [2.45, 2.75) is 37.0 Å². The number of rotatable bonds is 0. The third kappa shape index (κ3) is 4.48. The number of nitrogens with one attached hydrogen (secondary N) is 2. The lowest BCUT2D eigenvalue weighted by Gasteiger charge is -2.09. The molecule has 1 heterocycles. The molecule has 134 valence electrons. The fourth-order valence-corrected chi connectivity index (χ4v) is 4.01. The molecule has 0 aromatic heterocycles. The van der Waals surface area contributed by atoms with E-state index in [0.29, 0.717) is 13.0 Å². The van der Waals surface area contributed by atoms with Gasteiger partial charge in [0.1, 0.15) is 0 Å². The molecule has 2 N–H and O–H groups in total. The number of carbonyl (C=O) groups excluding carboxylic acids is 2. The van der Waals surface area contributed by atoms with Gasteiger partial charge >= 0.3 is 0 Å². The van der Waals surface area contributed by atoms with Gasteiger partial charge in [-0.05, 0) is 49.8 Å². The Kier molecular flexibility index (Phi) is 5.22. The summed E-state index contributed by atoms with van der Waals surface area (Å²) in [6.45, 7) is 0.557. The Morgan fingerprint density at radius 3 is 2.76 bits per heavy atom. The summed E-state index contributed by atoms with van der Waals surface area (Å²) in [5, 5.41) is 2.80. The van der Waals surface area contributed by atoms with E-state index in [0.717, 1.165) is 25.7 Å². The van der Waals surface area contributed by atoms with Crippen LogP contribution in [0.3, 0.4) is 0 Å². The monoisotopic (exact) mass is 362 g/mol. The summed E-state index contributed by atoms with van der Waals surface area (Å²) in [7, 11) is -3.98. The molecule has 3 rings (SSSR count).